The molecule has 1 N–H and O–H groups in total. The van der Waals surface area contributed by atoms with Crippen LogP contribution >= 0.6 is 69.6 Å². The molecule has 0 saturated carbocycles. The van der Waals surface area contributed by atoms with Gasteiger partial charge in [0, 0.05) is 13.2 Å². The molecule has 48 heavy (non-hydrogen) atoms. The van der Waals surface area contributed by atoms with Gasteiger partial charge in [0.2, 0.25) is 7.59 Å². The largest absolute Gasteiger partial charge is 0.451 e. The number of carbonyl (C=O) groups is 1. The Kier molecular flexibility index (Phi) is 22.6. The Morgan fingerprint density at radius 3 is 1.65 bits per heavy atom. The zero-order valence-corrected chi connectivity index (χ0v) is 32.7. The highest BCUT2D eigenvalue weighted by Crippen LogP contribution is 2.33. The number of allylic oxidation sites excluding steroid dienone is 1. The number of hydrogen-bond donors (Lipinski definition) is 1. The first-order valence-corrected chi connectivity index (χ1v) is 20.2. The molecule has 1 fully saturated rings. The summed E-state index contributed by atoms with van der Waals surface area (Å²) in [4.78, 5) is 12.8. The Labute approximate surface area is 313 Å². The number of aliphatic hydroxyl groups excluding tert-OH is 1. The summed E-state index contributed by atoms with van der Waals surface area (Å²) in [6.45, 7) is -0.820. The Hall–Kier alpha value is 0.570. The number of hydrogen-bond acceptors (Lipinski definition) is 13. The van der Waals surface area contributed by atoms with Crippen LogP contribution in [0.3, 0.4) is 0 Å². The maximum atomic E-state index is 12.8. The van der Waals surface area contributed by atoms with E-state index in [-0.39, 0.29) is 0 Å². The van der Waals surface area contributed by atoms with Gasteiger partial charge in [0.25, 0.3) is 0 Å². The van der Waals surface area contributed by atoms with E-state index in [4.69, 9.17) is 92.2 Å². The molecule has 0 radical (unpaired) electrons. The second-order valence-electron chi connectivity index (χ2n) is 10.8. The van der Waals surface area contributed by atoms with Crippen LogP contribution in [0.2, 0.25) is 0 Å². The smallest absolute Gasteiger partial charge is 0.400 e. The van der Waals surface area contributed by atoms with E-state index in [0.29, 0.717) is 6.42 Å². The number of carbonyl (C=O) groups excluding carboxylic acids is 1. The Morgan fingerprint density at radius 2 is 1.21 bits per heavy atom. The zero-order chi connectivity index (χ0) is 36.4. The second-order valence-corrected chi connectivity index (χ2v) is 18.3. The van der Waals surface area contributed by atoms with Gasteiger partial charge in [-0.1, -0.05) is 147 Å². The van der Waals surface area contributed by atoms with Crippen LogP contribution in [0.5, 0.6) is 0 Å². The summed E-state index contributed by atoms with van der Waals surface area (Å²) in [5.41, 5.74) is 0. The van der Waals surface area contributed by atoms with E-state index < -0.39 is 84.9 Å². The summed E-state index contributed by atoms with van der Waals surface area (Å²) >= 11 is 33.3. The fourth-order valence-corrected chi connectivity index (χ4v) is 6.92. The van der Waals surface area contributed by atoms with E-state index in [1.807, 2.05) is 0 Å². The monoisotopic (exact) mass is 850 g/mol. The molecular formula is C27H44Cl6O13S2. The van der Waals surface area contributed by atoms with Gasteiger partial charge in [-0.2, -0.15) is 16.8 Å². The summed E-state index contributed by atoms with van der Waals surface area (Å²) in [6.07, 6.45) is 6.67. The van der Waals surface area contributed by atoms with Gasteiger partial charge in [-0.25, -0.2) is 21.5 Å². The average molecular weight is 853 g/mol. The van der Waals surface area contributed by atoms with Crippen LogP contribution in [0.15, 0.2) is 12.2 Å². The topological polar surface area (TPSA) is 170 Å². The van der Waals surface area contributed by atoms with Crippen LogP contribution in [0.25, 0.3) is 0 Å². The van der Waals surface area contributed by atoms with Gasteiger partial charge in [-0.05, 0) is 12.8 Å². The van der Waals surface area contributed by atoms with E-state index in [2.05, 4.69) is 15.3 Å². The number of rotatable bonds is 24. The van der Waals surface area contributed by atoms with Crippen LogP contribution in [0.1, 0.15) is 84.0 Å². The standard InChI is InChI=1S/C27H44Cl6O13S2/c1-3-4-5-6-7-8-9-10-11-12-13-14-15-16-21(35)44-24-23(46-48(38,39)42-19-27(31,32)33)22(20(17-34)43-25(24)40-2)45-47(36,37)41-18-26(28,29)30/h15-16,20,22-25,34H,3-14,17-19H2,1-2H3/b16-15+/t20-,22+,23+,24-,25+/m1/s1. The number of ether oxygens (including phenoxy) is 3. The highest BCUT2D eigenvalue weighted by atomic mass is 35.6. The molecule has 13 nitrogen and oxygen atoms in total. The molecule has 0 aliphatic carbocycles. The molecule has 1 rings (SSSR count). The summed E-state index contributed by atoms with van der Waals surface area (Å²) in [5.74, 6) is -0.988. The van der Waals surface area contributed by atoms with Crippen molar-refractivity contribution in [2.24, 2.45) is 0 Å². The number of methoxy groups -OCH3 is 1. The lowest BCUT2D eigenvalue weighted by Crippen LogP contribution is -2.62. The van der Waals surface area contributed by atoms with Crippen molar-refractivity contribution >= 4 is 96.4 Å². The SMILES string of the molecule is CCCCCCCCCCCCC/C=C/C(=O)O[C@H]1[C@@H](OC)O[C@H](CO)[C@H](OS(=O)(=O)OCC(Cl)(Cl)Cl)[C@@H]1OS(=O)(=O)OCC(Cl)(Cl)Cl. The molecule has 0 spiro atoms. The number of aliphatic hydroxyl groups is 1. The minimum atomic E-state index is -5.15. The van der Waals surface area contributed by atoms with E-state index >= 15 is 0 Å². The van der Waals surface area contributed by atoms with Crippen molar-refractivity contribution in [3.63, 3.8) is 0 Å². The summed E-state index contributed by atoms with van der Waals surface area (Å²) in [6, 6.07) is 0. The highest BCUT2D eigenvalue weighted by Gasteiger charge is 2.53. The molecule has 1 heterocycles. The van der Waals surface area contributed by atoms with Gasteiger partial charge < -0.3 is 19.3 Å². The molecule has 1 aliphatic heterocycles. The van der Waals surface area contributed by atoms with Gasteiger partial charge in [0.1, 0.15) is 25.4 Å². The van der Waals surface area contributed by atoms with Gasteiger partial charge in [0.05, 0.1) is 6.61 Å². The van der Waals surface area contributed by atoms with Crippen LogP contribution in [-0.2, 0) is 56.5 Å². The Balaban J connectivity index is 3.01. The summed E-state index contributed by atoms with van der Waals surface area (Å²) in [5, 5.41) is 9.94. The first-order valence-electron chi connectivity index (χ1n) is 15.3. The van der Waals surface area contributed by atoms with Crippen molar-refractivity contribution in [3.05, 3.63) is 12.2 Å². The zero-order valence-electron chi connectivity index (χ0n) is 26.6. The quantitative estimate of drug-likeness (QED) is 0.0480. The van der Waals surface area contributed by atoms with Crippen molar-refractivity contribution in [3.8, 4) is 0 Å². The van der Waals surface area contributed by atoms with Crippen molar-refractivity contribution in [2.75, 3.05) is 26.9 Å². The molecule has 0 amide bonds. The predicted molar refractivity (Wildman–Crippen MR) is 183 cm³/mol. The van der Waals surface area contributed by atoms with Crippen molar-refractivity contribution in [1.82, 2.24) is 0 Å². The maximum Gasteiger partial charge on any atom is 0.400 e. The van der Waals surface area contributed by atoms with Gasteiger partial charge in [-0.3, -0.25) is 0 Å². The van der Waals surface area contributed by atoms with E-state index in [1.165, 1.54) is 44.9 Å². The van der Waals surface area contributed by atoms with E-state index in [9.17, 15) is 26.7 Å². The number of unbranched alkanes of at least 4 members (excludes halogenated alkanes) is 11. The van der Waals surface area contributed by atoms with Crippen LogP contribution in [0.4, 0.5) is 0 Å². The van der Waals surface area contributed by atoms with E-state index in [0.717, 1.165) is 38.9 Å². The second kappa shape index (κ2) is 23.3. The molecular weight excluding hydrogens is 809 g/mol. The molecule has 0 unspecified atom stereocenters. The van der Waals surface area contributed by atoms with Crippen LogP contribution < -0.4 is 0 Å². The molecule has 284 valence electrons. The van der Waals surface area contributed by atoms with Gasteiger partial charge in [0.15, 0.2) is 18.5 Å². The average Bonchev–Trinajstić information content (AvgIpc) is 2.98. The van der Waals surface area contributed by atoms with Crippen LogP contribution in [0, 0.1) is 0 Å². The summed E-state index contributed by atoms with van der Waals surface area (Å²) in [7, 11) is -9.15. The lowest BCUT2D eigenvalue weighted by molar-refractivity contribution is -0.289. The molecule has 0 aromatic carbocycles. The molecule has 5 atom stereocenters. The molecule has 0 aromatic rings. The molecule has 0 bridgehead atoms. The van der Waals surface area contributed by atoms with Gasteiger partial charge >= 0.3 is 26.8 Å². The first-order chi connectivity index (χ1) is 22.3. The molecule has 0 aromatic heterocycles. The normalized spacial score (nSPS) is 22.7. The minimum absolute atomic E-state index is 0.553. The lowest BCUT2D eigenvalue weighted by atomic mass is 9.99. The minimum Gasteiger partial charge on any atom is -0.451 e. The molecule has 1 aliphatic rings. The van der Waals surface area contributed by atoms with Gasteiger partial charge in [-0.15, -0.1) is 0 Å². The lowest BCUT2D eigenvalue weighted by Gasteiger charge is -2.43. The van der Waals surface area contributed by atoms with E-state index in [1.54, 1.807) is 6.08 Å². The Bertz CT molecular complexity index is 1160. The third-order valence-corrected chi connectivity index (χ3v) is 9.06. The molecule has 21 heteroatoms. The van der Waals surface area contributed by atoms with Crippen molar-refractivity contribution < 1.29 is 57.7 Å². The highest BCUT2D eigenvalue weighted by molar-refractivity contribution is 7.82. The first kappa shape index (κ1) is 46.6. The number of alkyl halides is 6. The third kappa shape index (κ3) is 21.2. The van der Waals surface area contributed by atoms with Crippen molar-refractivity contribution in [2.45, 2.75) is 122 Å². The maximum absolute atomic E-state index is 12.8. The third-order valence-electron chi connectivity index (χ3n) is 6.68. The fraction of sp³-hybridized carbons (Fsp3) is 0.889. The van der Waals surface area contributed by atoms with Crippen molar-refractivity contribution in [1.29, 1.82) is 0 Å². The number of esters is 1. The Morgan fingerprint density at radius 1 is 0.750 bits per heavy atom. The molecule has 1 saturated heterocycles. The number of halogens is 6. The predicted octanol–water partition coefficient (Wildman–Crippen LogP) is 6.55. The summed E-state index contributed by atoms with van der Waals surface area (Å²) < 4.78 is 81.5. The fourth-order valence-electron chi connectivity index (χ4n) is 4.45. The van der Waals surface area contributed by atoms with Crippen LogP contribution in [-0.4, -0.2) is 93.1 Å².